The second-order valence-electron chi connectivity index (χ2n) is 6.22. The summed E-state index contributed by atoms with van der Waals surface area (Å²) in [4.78, 5) is 12.3. The van der Waals surface area contributed by atoms with Gasteiger partial charge in [0.1, 0.15) is 5.82 Å². The highest BCUT2D eigenvalue weighted by Gasteiger charge is 2.22. The van der Waals surface area contributed by atoms with Crippen LogP contribution in [0.5, 0.6) is 0 Å². The van der Waals surface area contributed by atoms with Crippen molar-refractivity contribution in [2.45, 2.75) is 31.2 Å². The molecule has 0 fully saturated rings. The van der Waals surface area contributed by atoms with Crippen molar-refractivity contribution in [3.05, 3.63) is 65.5 Å². The van der Waals surface area contributed by atoms with Crippen LogP contribution in [0.15, 0.2) is 53.4 Å². The van der Waals surface area contributed by atoms with E-state index in [9.17, 15) is 17.6 Å². The van der Waals surface area contributed by atoms with Gasteiger partial charge in [0.15, 0.2) is 5.78 Å². The van der Waals surface area contributed by atoms with Gasteiger partial charge in [0, 0.05) is 16.7 Å². The number of hydrogen-bond acceptors (Lipinski definition) is 3. The summed E-state index contributed by atoms with van der Waals surface area (Å²) in [7, 11) is -3.64. The number of benzene rings is 2. The Kier molecular flexibility index (Phi) is 4.68. The Morgan fingerprint density at radius 1 is 0.913 bits per heavy atom. The summed E-state index contributed by atoms with van der Waals surface area (Å²) in [5, 5.41) is 0. The molecule has 1 N–H and O–H groups in total. The first-order valence-electron chi connectivity index (χ1n) is 7.03. The molecule has 0 bridgehead atoms. The van der Waals surface area contributed by atoms with Crippen LogP contribution in [-0.2, 0) is 10.0 Å². The predicted octanol–water partition coefficient (Wildman–Crippen LogP) is 3.13. The minimum atomic E-state index is -3.64. The van der Waals surface area contributed by atoms with Gasteiger partial charge >= 0.3 is 0 Å². The molecule has 0 aliphatic carbocycles. The molecule has 2 rings (SSSR count). The maximum atomic E-state index is 12.9. The van der Waals surface area contributed by atoms with Gasteiger partial charge in [0.2, 0.25) is 10.0 Å². The summed E-state index contributed by atoms with van der Waals surface area (Å²) in [5.41, 5.74) is 0.0858. The van der Waals surface area contributed by atoms with Gasteiger partial charge in [-0.1, -0.05) is 0 Å². The lowest BCUT2D eigenvalue weighted by Gasteiger charge is -2.20. The van der Waals surface area contributed by atoms with Crippen LogP contribution in [-0.4, -0.2) is 19.7 Å². The molecule has 23 heavy (non-hydrogen) atoms. The smallest absolute Gasteiger partial charge is 0.241 e. The van der Waals surface area contributed by atoms with Gasteiger partial charge in [0.25, 0.3) is 0 Å². The summed E-state index contributed by atoms with van der Waals surface area (Å²) in [6.45, 7) is 5.24. The third kappa shape index (κ3) is 4.46. The van der Waals surface area contributed by atoms with Crippen molar-refractivity contribution in [3.8, 4) is 0 Å². The molecule has 0 aliphatic rings. The van der Waals surface area contributed by atoms with E-state index in [4.69, 9.17) is 0 Å². The fourth-order valence-corrected chi connectivity index (χ4v) is 3.43. The van der Waals surface area contributed by atoms with E-state index in [0.717, 1.165) is 0 Å². The fourth-order valence-electron chi connectivity index (χ4n) is 2.02. The molecule has 0 amide bonds. The summed E-state index contributed by atoms with van der Waals surface area (Å²) in [5.74, 6) is -0.714. The maximum absolute atomic E-state index is 12.9. The zero-order valence-corrected chi connectivity index (χ0v) is 13.9. The second kappa shape index (κ2) is 6.22. The van der Waals surface area contributed by atoms with E-state index in [2.05, 4.69) is 4.72 Å². The van der Waals surface area contributed by atoms with E-state index in [1.807, 2.05) is 0 Å². The summed E-state index contributed by atoms with van der Waals surface area (Å²) < 4.78 is 39.8. The average Bonchev–Trinajstić information content (AvgIpc) is 2.45. The van der Waals surface area contributed by atoms with Crippen LogP contribution in [0, 0.1) is 5.82 Å². The summed E-state index contributed by atoms with van der Waals surface area (Å²) >= 11 is 0. The Balaban J connectivity index is 2.26. The molecule has 0 saturated carbocycles. The molecule has 0 aliphatic heterocycles. The van der Waals surface area contributed by atoms with Crippen LogP contribution in [0.2, 0.25) is 0 Å². The lowest BCUT2D eigenvalue weighted by atomic mass is 10.0. The monoisotopic (exact) mass is 335 g/mol. The van der Waals surface area contributed by atoms with Crippen LogP contribution < -0.4 is 4.72 Å². The van der Waals surface area contributed by atoms with Gasteiger partial charge < -0.3 is 0 Å². The Labute approximate surface area is 135 Å². The maximum Gasteiger partial charge on any atom is 0.241 e. The highest BCUT2D eigenvalue weighted by Crippen LogP contribution is 2.16. The highest BCUT2D eigenvalue weighted by atomic mass is 32.2. The number of halogens is 1. The van der Waals surface area contributed by atoms with Gasteiger partial charge in [0.05, 0.1) is 4.90 Å². The minimum Gasteiger partial charge on any atom is -0.289 e. The molecule has 0 unspecified atom stereocenters. The highest BCUT2D eigenvalue weighted by molar-refractivity contribution is 7.89. The largest absolute Gasteiger partial charge is 0.289 e. The Morgan fingerprint density at radius 2 is 1.35 bits per heavy atom. The molecule has 0 spiro atoms. The number of nitrogens with one attached hydrogen (secondary N) is 1. The third-order valence-corrected chi connectivity index (χ3v) is 4.75. The number of carbonyl (C=O) groups excluding carboxylic acids is 1. The van der Waals surface area contributed by atoms with Gasteiger partial charge in [-0.05, 0) is 69.3 Å². The van der Waals surface area contributed by atoms with Gasteiger partial charge in [-0.2, -0.15) is 0 Å². The Morgan fingerprint density at radius 3 is 1.78 bits per heavy atom. The Hall–Kier alpha value is -2.05. The molecule has 2 aromatic rings. The first-order valence-corrected chi connectivity index (χ1v) is 8.51. The SMILES string of the molecule is CC(C)(C)NS(=O)(=O)c1ccc(C(=O)c2ccc(F)cc2)cc1. The third-order valence-electron chi connectivity index (χ3n) is 2.97. The van der Waals surface area contributed by atoms with Crippen molar-refractivity contribution in [3.63, 3.8) is 0 Å². The van der Waals surface area contributed by atoms with Crippen LogP contribution in [0.3, 0.4) is 0 Å². The van der Waals surface area contributed by atoms with Crippen LogP contribution in [0.4, 0.5) is 4.39 Å². The van der Waals surface area contributed by atoms with E-state index in [1.54, 1.807) is 20.8 Å². The first kappa shape index (κ1) is 17.3. The van der Waals surface area contributed by atoms with Crippen LogP contribution >= 0.6 is 0 Å². The zero-order valence-electron chi connectivity index (χ0n) is 13.1. The molecule has 6 heteroatoms. The van der Waals surface area contributed by atoms with Gasteiger partial charge in [-0.25, -0.2) is 17.5 Å². The topological polar surface area (TPSA) is 63.2 Å². The van der Waals surface area contributed by atoms with E-state index in [0.29, 0.717) is 11.1 Å². The molecule has 0 aromatic heterocycles. The van der Waals surface area contributed by atoms with Crippen molar-refractivity contribution >= 4 is 15.8 Å². The Bertz CT molecular complexity index is 804. The predicted molar refractivity (Wildman–Crippen MR) is 86.3 cm³/mol. The van der Waals surface area contributed by atoms with Crippen molar-refractivity contribution < 1.29 is 17.6 Å². The molecule has 2 aromatic carbocycles. The van der Waals surface area contributed by atoms with E-state index < -0.39 is 21.4 Å². The van der Waals surface area contributed by atoms with Crippen molar-refractivity contribution in [2.24, 2.45) is 0 Å². The second-order valence-corrected chi connectivity index (χ2v) is 7.90. The number of ketones is 1. The van der Waals surface area contributed by atoms with Crippen molar-refractivity contribution in [1.82, 2.24) is 4.72 Å². The van der Waals surface area contributed by atoms with Gasteiger partial charge in [-0.15, -0.1) is 0 Å². The molecule has 0 radical (unpaired) electrons. The molecular weight excluding hydrogens is 317 g/mol. The van der Waals surface area contributed by atoms with E-state index in [-0.39, 0.29) is 10.7 Å². The average molecular weight is 335 g/mol. The number of rotatable bonds is 4. The van der Waals surface area contributed by atoms with Crippen molar-refractivity contribution in [1.29, 1.82) is 0 Å². The quantitative estimate of drug-likeness (QED) is 0.873. The number of carbonyl (C=O) groups is 1. The van der Waals surface area contributed by atoms with Crippen LogP contribution in [0.25, 0.3) is 0 Å². The number of sulfonamides is 1. The lowest BCUT2D eigenvalue weighted by molar-refractivity contribution is 0.103. The van der Waals surface area contributed by atoms with E-state index >= 15 is 0 Å². The molecular formula is C17H18FNO3S. The molecule has 0 atom stereocenters. The standard InChI is InChI=1S/C17H18FNO3S/c1-17(2,3)19-23(21,22)15-10-6-13(7-11-15)16(20)12-4-8-14(18)9-5-12/h4-11,19H,1-3H3. The zero-order chi connectivity index (χ0) is 17.3. The fraction of sp³-hybridized carbons (Fsp3) is 0.235. The molecule has 0 saturated heterocycles. The number of hydrogen-bond donors (Lipinski definition) is 1. The lowest BCUT2D eigenvalue weighted by Crippen LogP contribution is -2.40. The molecule has 0 heterocycles. The minimum absolute atomic E-state index is 0.0862. The summed E-state index contributed by atoms with van der Waals surface area (Å²) in [6, 6.07) is 10.9. The molecule has 122 valence electrons. The van der Waals surface area contributed by atoms with E-state index in [1.165, 1.54) is 48.5 Å². The van der Waals surface area contributed by atoms with Crippen LogP contribution in [0.1, 0.15) is 36.7 Å². The van der Waals surface area contributed by atoms with Crippen molar-refractivity contribution in [2.75, 3.05) is 0 Å². The molecule has 4 nitrogen and oxygen atoms in total. The van der Waals surface area contributed by atoms with Gasteiger partial charge in [-0.3, -0.25) is 4.79 Å². The summed E-state index contributed by atoms with van der Waals surface area (Å²) in [6.07, 6.45) is 0. The normalized spacial score (nSPS) is 12.2. The first-order chi connectivity index (χ1) is 10.6.